The number of anilines is 5. The maximum atomic E-state index is 12.0. The first kappa shape index (κ1) is 19.8. The van der Waals surface area contributed by atoms with Gasteiger partial charge < -0.3 is 16.0 Å². The first-order chi connectivity index (χ1) is 13.1. The standard InChI is InChI=1S/C20H22ClN5O2/c1-11(20(2,3)4)23-15-16(18(28)17(15)27)25-14-9-10-22-19(26-14)24-13-7-5-12(21)6-8-13/h5-11,23H,1-4H3,(H2,22,24,25,26)/t11-/m1/s1. The third-order valence-electron chi connectivity index (χ3n) is 4.58. The summed E-state index contributed by atoms with van der Waals surface area (Å²) in [6.07, 6.45) is 1.56. The minimum absolute atomic E-state index is 0.00359. The summed E-state index contributed by atoms with van der Waals surface area (Å²) in [5, 5.41) is 9.77. The minimum atomic E-state index is -0.561. The van der Waals surface area contributed by atoms with Crippen LogP contribution in [0.15, 0.2) is 46.1 Å². The molecule has 0 aliphatic carbocycles. The number of nitrogens with one attached hydrogen (secondary N) is 3. The average molecular weight is 400 g/mol. The largest absolute Gasteiger partial charge is 0.377 e. The van der Waals surface area contributed by atoms with Crippen LogP contribution in [0.2, 0.25) is 5.02 Å². The second kappa shape index (κ2) is 7.59. The molecule has 8 heteroatoms. The Kier molecular flexibility index (Phi) is 5.38. The van der Waals surface area contributed by atoms with Gasteiger partial charge in [-0.2, -0.15) is 4.98 Å². The van der Waals surface area contributed by atoms with Crippen molar-refractivity contribution in [3.63, 3.8) is 0 Å². The highest BCUT2D eigenvalue weighted by atomic mass is 35.5. The molecule has 28 heavy (non-hydrogen) atoms. The zero-order valence-corrected chi connectivity index (χ0v) is 16.9. The van der Waals surface area contributed by atoms with Gasteiger partial charge in [0.05, 0.1) is 0 Å². The lowest BCUT2D eigenvalue weighted by molar-refractivity contribution is 0.359. The molecule has 0 spiro atoms. The van der Waals surface area contributed by atoms with Crippen molar-refractivity contribution in [2.75, 3.05) is 16.0 Å². The number of rotatable bonds is 6. The first-order valence-corrected chi connectivity index (χ1v) is 9.25. The molecule has 1 heterocycles. The van der Waals surface area contributed by atoms with E-state index in [1.165, 1.54) is 0 Å². The van der Waals surface area contributed by atoms with Crippen molar-refractivity contribution >= 4 is 40.4 Å². The highest BCUT2D eigenvalue weighted by molar-refractivity contribution is 6.30. The van der Waals surface area contributed by atoms with Crippen molar-refractivity contribution in [3.8, 4) is 0 Å². The summed E-state index contributed by atoms with van der Waals surface area (Å²) in [5.41, 5.74) is 0.135. The van der Waals surface area contributed by atoms with Crippen molar-refractivity contribution in [3.05, 3.63) is 62.0 Å². The fraction of sp³-hybridized carbons (Fsp3) is 0.300. The number of benzene rings is 1. The van der Waals surface area contributed by atoms with Crippen molar-refractivity contribution in [2.45, 2.75) is 33.7 Å². The lowest BCUT2D eigenvalue weighted by atomic mass is 9.87. The zero-order valence-electron chi connectivity index (χ0n) is 16.1. The molecule has 0 unspecified atom stereocenters. The predicted octanol–water partition coefficient (Wildman–Crippen LogP) is 4.06. The SMILES string of the molecule is C[C@@H](Nc1c(Nc2ccnc(Nc3ccc(Cl)cc3)n2)c(=O)c1=O)C(C)(C)C. The van der Waals surface area contributed by atoms with Crippen LogP contribution in [0.5, 0.6) is 0 Å². The van der Waals surface area contributed by atoms with Gasteiger partial charge in [0.2, 0.25) is 5.95 Å². The molecule has 0 aliphatic heterocycles. The molecule has 0 fully saturated rings. The van der Waals surface area contributed by atoms with E-state index < -0.39 is 10.9 Å². The first-order valence-electron chi connectivity index (χ1n) is 8.87. The monoisotopic (exact) mass is 399 g/mol. The maximum Gasteiger partial charge on any atom is 0.253 e. The van der Waals surface area contributed by atoms with Gasteiger partial charge in [-0.15, -0.1) is 0 Å². The predicted molar refractivity (Wildman–Crippen MR) is 114 cm³/mol. The molecule has 1 atom stereocenters. The number of hydrogen-bond donors (Lipinski definition) is 3. The molecule has 0 bridgehead atoms. The fourth-order valence-electron chi connectivity index (χ4n) is 2.36. The van der Waals surface area contributed by atoms with Crippen LogP contribution in [0.4, 0.5) is 28.8 Å². The molecule has 7 nitrogen and oxygen atoms in total. The Hall–Kier alpha value is -2.93. The van der Waals surface area contributed by atoms with E-state index in [9.17, 15) is 9.59 Å². The topological polar surface area (TPSA) is 96.0 Å². The third-order valence-corrected chi connectivity index (χ3v) is 4.83. The van der Waals surface area contributed by atoms with Crippen molar-refractivity contribution in [1.29, 1.82) is 0 Å². The van der Waals surface area contributed by atoms with Crippen molar-refractivity contribution in [2.24, 2.45) is 5.41 Å². The van der Waals surface area contributed by atoms with E-state index in [4.69, 9.17) is 11.6 Å². The van der Waals surface area contributed by atoms with Gasteiger partial charge in [0.15, 0.2) is 0 Å². The van der Waals surface area contributed by atoms with Gasteiger partial charge in [0.25, 0.3) is 10.9 Å². The second-order valence-electron chi connectivity index (χ2n) is 7.66. The van der Waals surface area contributed by atoms with Gasteiger partial charge in [-0.25, -0.2) is 4.98 Å². The van der Waals surface area contributed by atoms with Crippen LogP contribution in [-0.4, -0.2) is 16.0 Å². The Balaban J connectivity index is 1.78. The average Bonchev–Trinajstić information content (AvgIpc) is 2.65. The van der Waals surface area contributed by atoms with E-state index in [0.29, 0.717) is 22.5 Å². The molecule has 3 rings (SSSR count). The fourth-order valence-corrected chi connectivity index (χ4v) is 2.49. The highest BCUT2D eigenvalue weighted by Gasteiger charge is 2.27. The molecule has 0 amide bonds. The number of nitrogens with zero attached hydrogens (tertiary/aromatic N) is 2. The zero-order chi connectivity index (χ0) is 20.5. The van der Waals surface area contributed by atoms with Crippen LogP contribution in [0.3, 0.4) is 0 Å². The van der Waals surface area contributed by atoms with E-state index in [1.807, 2.05) is 6.92 Å². The van der Waals surface area contributed by atoms with Gasteiger partial charge in [-0.05, 0) is 42.7 Å². The molecule has 0 saturated carbocycles. The van der Waals surface area contributed by atoms with Gasteiger partial charge in [-0.3, -0.25) is 9.59 Å². The molecule has 1 aromatic heterocycles. The number of aromatic nitrogens is 2. The van der Waals surface area contributed by atoms with Gasteiger partial charge in [-0.1, -0.05) is 32.4 Å². The molecule has 0 saturated heterocycles. The second-order valence-corrected chi connectivity index (χ2v) is 8.10. The highest BCUT2D eigenvalue weighted by Crippen LogP contribution is 2.26. The maximum absolute atomic E-state index is 12.0. The molecular formula is C20H22ClN5O2. The summed E-state index contributed by atoms with van der Waals surface area (Å²) in [6, 6.07) is 8.74. The van der Waals surface area contributed by atoms with Gasteiger partial charge >= 0.3 is 0 Å². The normalized spacial score (nSPS) is 12.6. The lowest BCUT2D eigenvalue weighted by Crippen LogP contribution is -2.41. The van der Waals surface area contributed by atoms with Crippen LogP contribution < -0.4 is 26.8 Å². The Morgan fingerprint density at radius 1 is 0.964 bits per heavy atom. The van der Waals surface area contributed by atoms with E-state index >= 15 is 0 Å². The summed E-state index contributed by atoms with van der Waals surface area (Å²) >= 11 is 5.88. The quantitative estimate of drug-likeness (QED) is 0.538. The summed E-state index contributed by atoms with van der Waals surface area (Å²) in [4.78, 5) is 32.5. The lowest BCUT2D eigenvalue weighted by Gasteiger charge is -2.30. The number of hydrogen-bond acceptors (Lipinski definition) is 7. The van der Waals surface area contributed by atoms with Crippen molar-refractivity contribution < 1.29 is 0 Å². The summed E-state index contributed by atoms with van der Waals surface area (Å²) in [5.74, 6) is 0.758. The number of halogens is 1. The molecule has 146 valence electrons. The molecule has 0 aliphatic rings. The Morgan fingerprint density at radius 2 is 1.61 bits per heavy atom. The Morgan fingerprint density at radius 3 is 2.25 bits per heavy atom. The molecule has 3 aromatic rings. The van der Waals surface area contributed by atoms with Crippen LogP contribution in [0, 0.1) is 5.41 Å². The summed E-state index contributed by atoms with van der Waals surface area (Å²) in [6.45, 7) is 8.15. The minimum Gasteiger partial charge on any atom is -0.377 e. The van der Waals surface area contributed by atoms with Crippen molar-refractivity contribution in [1.82, 2.24) is 9.97 Å². The molecular weight excluding hydrogens is 378 g/mol. The van der Waals surface area contributed by atoms with Crippen LogP contribution in [0.25, 0.3) is 0 Å². The van der Waals surface area contributed by atoms with E-state index in [2.05, 4.69) is 46.7 Å². The van der Waals surface area contributed by atoms with Crippen LogP contribution in [0.1, 0.15) is 27.7 Å². The Bertz CT molecular complexity index is 1050. The summed E-state index contributed by atoms with van der Waals surface area (Å²) in [7, 11) is 0. The van der Waals surface area contributed by atoms with E-state index in [1.54, 1.807) is 36.5 Å². The molecule has 0 radical (unpaired) electrons. The Labute approximate surface area is 167 Å². The third kappa shape index (κ3) is 4.31. The van der Waals surface area contributed by atoms with Gasteiger partial charge in [0, 0.05) is 22.9 Å². The van der Waals surface area contributed by atoms with Crippen LogP contribution >= 0.6 is 11.6 Å². The van der Waals surface area contributed by atoms with Gasteiger partial charge in [0.1, 0.15) is 17.2 Å². The molecule has 3 N–H and O–H groups in total. The smallest absolute Gasteiger partial charge is 0.253 e. The summed E-state index contributed by atoms with van der Waals surface area (Å²) < 4.78 is 0. The van der Waals surface area contributed by atoms with E-state index in [-0.39, 0.29) is 17.1 Å². The van der Waals surface area contributed by atoms with E-state index in [0.717, 1.165) is 5.69 Å². The van der Waals surface area contributed by atoms with Crippen LogP contribution in [-0.2, 0) is 0 Å². The molecule has 2 aromatic carbocycles.